The zero-order valence-electron chi connectivity index (χ0n) is 17.2. The van der Waals surface area contributed by atoms with E-state index in [0.717, 1.165) is 5.56 Å². The first kappa shape index (κ1) is 23.1. The summed E-state index contributed by atoms with van der Waals surface area (Å²) in [5, 5.41) is 12.6. The molecular weight excluding hydrogens is 422 g/mol. The molecule has 0 unspecified atom stereocenters. The molecule has 1 fully saturated rings. The summed E-state index contributed by atoms with van der Waals surface area (Å²) in [6.45, 7) is 0.0287. The molecule has 0 spiro atoms. The monoisotopic (exact) mass is 449 g/mol. The van der Waals surface area contributed by atoms with Gasteiger partial charge in [-0.05, 0) is 42.7 Å². The highest BCUT2D eigenvalue weighted by atomic mass is 32.2. The third kappa shape index (κ3) is 6.47. The second-order valence-electron chi connectivity index (χ2n) is 7.30. The van der Waals surface area contributed by atoms with E-state index in [0.29, 0.717) is 25.1 Å². The number of carbonyl (C=O) groups excluding carboxylic acids is 1. The average Bonchev–Trinajstić information content (AvgIpc) is 2.79. The van der Waals surface area contributed by atoms with Crippen molar-refractivity contribution in [3.05, 3.63) is 54.4 Å². The molecule has 1 saturated heterocycles. The number of hydrogen-bond donors (Lipinski definition) is 3. The van der Waals surface area contributed by atoms with Crippen LogP contribution in [-0.2, 0) is 26.1 Å². The van der Waals surface area contributed by atoms with Gasteiger partial charge in [0.05, 0.1) is 43.3 Å². The molecule has 1 aromatic carbocycles. The molecule has 1 aromatic heterocycles. The Bertz CT molecular complexity index is 970. The maximum atomic E-state index is 12.7. The van der Waals surface area contributed by atoms with E-state index in [9.17, 15) is 18.3 Å². The number of amides is 1. The molecule has 0 aliphatic carbocycles. The lowest BCUT2D eigenvalue weighted by molar-refractivity contribution is -0.130. The summed E-state index contributed by atoms with van der Waals surface area (Å²) in [5.41, 5.74) is 0.938. The van der Waals surface area contributed by atoms with Crippen LogP contribution in [-0.4, -0.2) is 56.4 Å². The number of aromatic nitrogens is 1. The van der Waals surface area contributed by atoms with Crippen LogP contribution in [0.25, 0.3) is 0 Å². The molecule has 9 nitrogen and oxygen atoms in total. The fourth-order valence-corrected chi connectivity index (χ4v) is 4.77. The van der Waals surface area contributed by atoms with E-state index in [1.54, 1.807) is 24.5 Å². The van der Waals surface area contributed by atoms with Gasteiger partial charge in [-0.1, -0.05) is 6.07 Å². The summed E-state index contributed by atoms with van der Waals surface area (Å²) in [4.78, 5) is 16.2. The van der Waals surface area contributed by atoms with E-state index in [2.05, 4.69) is 15.0 Å². The lowest BCUT2D eigenvalue weighted by Crippen LogP contribution is -2.51. The van der Waals surface area contributed by atoms with E-state index in [-0.39, 0.29) is 23.8 Å². The molecule has 0 radical (unpaired) electrons. The average molecular weight is 450 g/mol. The molecule has 3 rings (SSSR count). The van der Waals surface area contributed by atoms with Crippen LogP contribution in [0, 0.1) is 0 Å². The van der Waals surface area contributed by atoms with Crippen LogP contribution in [0.3, 0.4) is 0 Å². The van der Waals surface area contributed by atoms with Crippen LogP contribution < -0.4 is 14.8 Å². The lowest BCUT2D eigenvalue weighted by Gasteiger charge is -2.35. The second-order valence-corrected chi connectivity index (χ2v) is 9.01. The Balaban J connectivity index is 1.54. The molecule has 0 saturated carbocycles. The van der Waals surface area contributed by atoms with Gasteiger partial charge in [-0.2, -0.15) is 0 Å². The van der Waals surface area contributed by atoms with Gasteiger partial charge in [0.2, 0.25) is 15.9 Å². The molecule has 2 aromatic rings. The van der Waals surface area contributed by atoms with Crippen LogP contribution in [0.1, 0.15) is 24.8 Å². The van der Waals surface area contributed by atoms with Crippen molar-refractivity contribution in [3.63, 3.8) is 0 Å². The molecule has 1 aliphatic rings. The molecule has 31 heavy (non-hydrogen) atoms. The van der Waals surface area contributed by atoms with Crippen LogP contribution in [0.2, 0.25) is 0 Å². The number of aliphatic hydroxyl groups is 1. The number of sulfonamides is 1. The summed E-state index contributed by atoms with van der Waals surface area (Å²) >= 11 is 0. The van der Waals surface area contributed by atoms with Crippen molar-refractivity contribution in [1.82, 2.24) is 15.0 Å². The minimum absolute atomic E-state index is 0.0705. The number of nitrogens with zero attached hydrogens (tertiary/aromatic N) is 1. The Morgan fingerprint density at radius 3 is 2.74 bits per heavy atom. The van der Waals surface area contributed by atoms with Crippen LogP contribution >= 0.6 is 0 Å². The predicted molar refractivity (Wildman–Crippen MR) is 113 cm³/mol. The Morgan fingerprint density at radius 2 is 2.03 bits per heavy atom. The molecular formula is C21H27N3O6S. The zero-order valence-corrected chi connectivity index (χ0v) is 18.0. The number of ether oxygens (including phenoxy) is 2. The Hall–Kier alpha value is -2.53. The van der Waals surface area contributed by atoms with Crippen molar-refractivity contribution < 1.29 is 27.8 Å². The molecule has 10 heteroatoms. The van der Waals surface area contributed by atoms with E-state index in [1.165, 1.54) is 19.2 Å². The van der Waals surface area contributed by atoms with Gasteiger partial charge in [-0.15, -0.1) is 0 Å². The third-order valence-electron chi connectivity index (χ3n) is 5.11. The number of benzene rings is 1. The van der Waals surface area contributed by atoms with Crippen molar-refractivity contribution in [1.29, 1.82) is 0 Å². The highest BCUT2D eigenvalue weighted by Gasteiger charge is 2.34. The van der Waals surface area contributed by atoms with Crippen molar-refractivity contribution >= 4 is 15.9 Å². The summed E-state index contributed by atoms with van der Waals surface area (Å²) in [7, 11) is -2.36. The van der Waals surface area contributed by atoms with Crippen molar-refractivity contribution in [2.75, 3.05) is 13.7 Å². The molecule has 2 heterocycles. The minimum atomic E-state index is -3.82. The summed E-state index contributed by atoms with van der Waals surface area (Å²) in [6, 6.07) is 9.18. The Labute approximate surface area is 181 Å². The fraction of sp³-hybridized carbons (Fsp3) is 0.429. The lowest BCUT2D eigenvalue weighted by atomic mass is 9.98. The van der Waals surface area contributed by atoms with Gasteiger partial charge in [0.25, 0.3) is 0 Å². The molecule has 3 atom stereocenters. The summed E-state index contributed by atoms with van der Waals surface area (Å²) in [6.07, 6.45) is 3.24. The van der Waals surface area contributed by atoms with Gasteiger partial charge in [-0.25, -0.2) is 13.1 Å². The summed E-state index contributed by atoms with van der Waals surface area (Å²) in [5.74, 6) is 0.258. The van der Waals surface area contributed by atoms with E-state index in [1.807, 2.05) is 12.1 Å². The van der Waals surface area contributed by atoms with Crippen LogP contribution in [0.15, 0.2) is 53.7 Å². The topological polar surface area (TPSA) is 127 Å². The van der Waals surface area contributed by atoms with Crippen molar-refractivity contribution in [2.45, 2.75) is 49.0 Å². The molecule has 1 amide bonds. The molecule has 0 bridgehead atoms. The van der Waals surface area contributed by atoms with E-state index in [4.69, 9.17) is 9.47 Å². The number of hydrogen-bond acceptors (Lipinski definition) is 7. The van der Waals surface area contributed by atoms with Crippen molar-refractivity contribution in [2.24, 2.45) is 0 Å². The normalized spacial score (nSPS) is 21.4. The van der Waals surface area contributed by atoms with Gasteiger partial charge in [-0.3, -0.25) is 9.78 Å². The van der Waals surface area contributed by atoms with Gasteiger partial charge in [0, 0.05) is 25.0 Å². The maximum absolute atomic E-state index is 12.7. The largest absolute Gasteiger partial charge is 0.497 e. The molecule has 168 valence electrons. The first-order chi connectivity index (χ1) is 14.9. The molecule has 1 aliphatic heterocycles. The second kappa shape index (κ2) is 10.7. The van der Waals surface area contributed by atoms with Gasteiger partial charge < -0.3 is 19.9 Å². The van der Waals surface area contributed by atoms with E-state index < -0.39 is 28.3 Å². The minimum Gasteiger partial charge on any atom is -0.497 e. The highest BCUT2D eigenvalue weighted by molar-refractivity contribution is 7.89. The number of methoxy groups -OCH3 is 1. The number of pyridine rings is 1. The van der Waals surface area contributed by atoms with Gasteiger partial charge in [0.15, 0.2) is 0 Å². The number of nitrogens with one attached hydrogen (secondary N) is 2. The van der Waals surface area contributed by atoms with Gasteiger partial charge in [0.1, 0.15) is 5.75 Å². The first-order valence-electron chi connectivity index (χ1n) is 9.99. The number of aliphatic hydroxyl groups excluding tert-OH is 1. The number of rotatable bonds is 9. The summed E-state index contributed by atoms with van der Waals surface area (Å²) < 4.78 is 39.0. The maximum Gasteiger partial charge on any atom is 0.241 e. The number of carbonyl (C=O) groups is 1. The van der Waals surface area contributed by atoms with E-state index >= 15 is 0 Å². The smallest absolute Gasteiger partial charge is 0.241 e. The van der Waals surface area contributed by atoms with Crippen LogP contribution in [0.4, 0.5) is 0 Å². The third-order valence-corrected chi connectivity index (χ3v) is 6.59. The van der Waals surface area contributed by atoms with Gasteiger partial charge >= 0.3 is 0 Å². The molecule has 3 N–H and O–H groups in total. The Morgan fingerprint density at radius 1 is 1.26 bits per heavy atom. The SMILES string of the molecule is COc1cccc(S(=O)(=O)N[C@@H]2CC[C@H](CC(=O)NCc3ccncc3)O[C@H]2CO)c1. The zero-order chi connectivity index (χ0) is 22.3. The van der Waals surface area contributed by atoms with Crippen molar-refractivity contribution in [3.8, 4) is 5.75 Å². The van der Waals surface area contributed by atoms with Crippen LogP contribution in [0.5, 0.6) is 5.75 Å². The highest BCUT2D eigenvalue weighted by Crippen LogP contribution is 2.24. The standard InChI is InChI=1S/C21H27N3O6S/c1-29-16-3-2-4-18(11-16)31(27,28)24-19-6-5-17(30-20(19)14-25)12-21(26)23-13-15-7-9-22-10-8-15/h2-4,7-11,17,19-20,24-25H,5-6,12-14H2,1H3,(H,23,26)/t17-,19-,20+/m1/s1. The fourth-order valence-electron chi connectivity index (χ4n) is 3.43. The Kier molecular flexibility index (Phi) is 7.97. The quantitative estimate of drug-likeness (QED) is 0.521. The first-order valence-corrected chi connectivity index (χ1v) is 11.5. The predicted octanol–water partition coefficient (Wildman–Crippen LogP) is 0.983.